The molecule has 1 aliphatic rings. The van der Waals surface area contributed by atoms with Crippen LogP contribution in [0.15, 0.2) is 48.7 Å². The van der Waals surface area contributed by atoms with Crippen molar-refractivity contribution in [3.05, 3.63) is 59.2 Å². The van der Waals surface area contributed by atoms with E-state index in [1.807, 2.05) is 18.2 Å². The normalized spacial score (nSPS) is 12.1. The van der Waals surface area contributed by atoms with Gasteiger partial charge in [-0.05, 0) is 24.3 Å². The van der Waals surface area contributed by atoms with Gasteiger partial charge in [-0.25, -0.2) is 4.98 Å². The third-order valence-electron chi connectivity index (χ3n) is 4.68. The van der Waals surface area contributed by atoms with Gasteiger partial charge in [0.25, 0.3) is 11.7 Å². The van der Waals surface area contributed by atoms with E-state index in [4.69, 9.17) is 16.3 Å². The summed E-state index contributed by atoms with van der Waals surface area (Å²) < 4.78 is 5.66. The van der Waals surface area contributed by atoms with Crippen LogP contribution in [0.25, 0.3) is 0 Å². The number of aromatic nitrogens is 2. The Labute approximate surface area is 189 Å². The lowest BCUT2D eigenvalue weighted by molar-refractivity contribution is -0.124. The summed E-state index contributed by atoms with van der Waals surface area (Å²) in [4.78, 5) is 34.6. The largest absolute Gasteiger partial charge is 0.490 e. The van der Waals surface area contributed by atoms with Crippen LogP contribution in [-0.2, 0) is 4.79 Å². The van der Waals surface area contributed by atoms with Gasteiger partial charge in [-0.3, -0.25) is 9.59 Å². The topological polar surface area (TPSA) is 108 Å². The van der Waals surface area contributed by atoms with Crippen molar-refractivity contribution in [3.63, 3.8) is 0 Å². The fraction of sp³-hybridized carbons (Fsp3) is 0.182. The molecule has 0 radical (unpaired) electrons. The summed E-state index contributed by atoms with van der Waals surface area (Å²) in [5.74, 6) is 0.0711. The molecule has 3 N–H and O–H groups in total. The molecular weight excluding hydrogens is 432 g/mol. The molecule has 0 bridgehead atoms. The zero-order chi connectivity index (χ0) is 22.7. The van der Waals surface area contributed by atoms with E-state index in [9.17, 15) is 9.59 Å². The van der Waals surface area contributed by atoms with Crippen LogP contribution in [0.2, 0.25) is 5.02 Å². The molecule has 1 amide bonds. The summed E-state index contributed by atoms with van der Waals surface area (Å²) >= 11 is 6.29. The number of hydrogen-bond donors (Lipinski definition) is 3. The number of likely N-dealkylation sites (N-methyl/N-ethyl adjacent to an activating group) is 1. The summed E-state index contributed by atoms with van der Waals surface area (Å²) in [5, 5.41) is 9.68. The van der Waals surface area contributed by atoms with E-state index in [1.54, 1.807) is 24.3 Å². The average Bonchev–Trinajstić information content (AvgIpc) is 2.80. The lowest BCUT2D eigenvalue weighted by Crippen LogP contribution is -2.30. The van der Waals surface area contributed by atoms with Crippen molar-refractivity contribution >= 4 is 52.1 Å². The molecule has 0 fully saturated rings. The highest BCUT2D eigenvalue weighted by atomic mass is 35.5. The standard InChI is InChI=1S/C22H21ClN6O3/c1-29(2)21(31)19(30)14-5-3-4-6-16(14)27-20-15(23)12-25-22(28-20)26-13-7-8-17-18(11-13)32-10-9-24-17/h3-8,11-12,24H,9-10H2,1-2H3,(H2,25,26,27,28). The number of nitrogens with zero attached hydrogens (tertiary/aromatic N) is 3. The number of rotatable bonds is 6. The zero-order valence-electron chi connectivity index (χ0n) is 17.5. The summed E-state index contributed by atoms with van der Waals surface area (Å²) in [6, 6.07) is 12.3. The van der Waals surface area contributed by atoms with Crippen LogP contribution in [0.1, 0.15) is 10.4 Å². The van der Waals surface area contributed by atoms with Crippen molar-refractivity contribution in [2.24, 2.45) is 0 Å². The Bertz CT molecular complexity index is 1180. The molecule has 1 aliphatic heterocycles. The predicted molar refractivity (Wildman–Crippen MR) is 124 cm³/mol. The van der Waals surface area contributed by atoms with E-state index in [2.05, 4.69) is 25.9 Å². The van der Waals surface area contributed by atoms with Gasteiger partial charge in [0.15, 0.2) is 5.82 Å². The number of carbonyl (C=O) groups is 2. The molecule has 0 unspecified atom stereocenters. The van der Waals surface area contributed by atoms with Gasteiger partial charge in [0.05, 0.1) is 23.1 Å². The number of halogens is 1. The molecule has 2 aromatic carbocycles. The van der Waals surface area contributed by atoms with Crippen LogP contribution in [0, 0.1) is 0 Å². The molecule has 164 valence electrons. The molecule has 4 rings (SSSR count). The van der Waals surface area contributed by atoms with Crippen LogP contribution in [0.3, 0.4) is 0 Å². The number of ketones is 1. The molecular formula is C22H21ClN6O3. The van der Waals surface area contributed by atoms with E-state index in [1.165, 1.54) is 25.2 Å². The molecule has 3 aromatic rings. The molecule has 32 heavy (non-hydrogen) atoms. The Morgan fingerprint density at radius 1 is 1.16 bits per heavy atom. The SMILES string of the molecule is CN(C)C(=O)C(=O)c1ccccc1Nc1nc(Nc2ccc3c(c2)OCCN3)ncc1Cl. The first kappa shape index (κ1) is 21.4. The highest BCUT2D eigenvalue weighted by molar-refractivity contribution is 6.43. The fourth-order valence-electron chi connectivity index (χ4n) is 3.09. The fourth-order valence-corrected chi connectivity index (χ4v) is 3.23. The smallest absolute Gasteiger partial charge is 0.294 e. The predicted octanol–water partition coefficient (Wildman–Crippen LogP) is 3.69. The zero-order valence-corrected chi connectivity index (χ0v) is 18.2. The number of fused-ring (bicyclic) bond motifs is 1. The highest BCUT2D eigenvalue weighted by Crippen LogP contribution is 2.32. The van der Waals surface area contributed by atoms with E-state index in [0.717, 1.165) is 23.7 Å². The Kier molecular flexibility index (Phi) is 6.09. The van der Waals surface area contributed by atoms with Crippen LogP contribution < -0.4 is 20.7 Å². The second kappa shape index (κ2) is 9.11. The van der Waals surface area contributed by atoms with Crippen LogP contribution in [0.5, 0.6) is 5.75 Å². The highest BCUT2D eigenvalue weighted by Gasteiger charge is 2.21. The van der Waals surface area contributed by atoms with Gasteiger partial charge < -0.3 is 25.6 Å². The summed E-state index contributed by atoms with van der Waals surface area (Å²) in [6.45, 7) is 1.36. The Hall–Kier alpha value is -3.85. The van der Waals surface area contributed by atoms with Crippen LogP contribution in [0.4, 0.5) is 28.8 Å². The maximum absolute atomic E-state index is 12.6. The lowest BCUT2D eigenvalue weighted by atomic mass is 10.1. The summed E-state index contributed by atoms with van der Waals surface area (Å²) in [7, 11) is 3.05. The Morgan fingerprint density at radius 2 is 1.97 bits per heavy atom. The first-order chi connectivity index (χ1) is 15.4. The number of anilines is 5. The number of hydrogen-bond acceptors (Lipinski definition) is 8. The number of Topliss-reactive ketones (excluding diaryl/α,β-unsaturated/α-hetero) is 1. The molecule has 0 atom stereocenters. The molecule has 0 spiro atoms. The van der Waals surface area contributed by atoms with E-state index in [-0.39, 0.29) is 16.4 Å². The van der Waals surface area contributed by atoms with E-state index in [0.29, 0.717) is 18.2 Å². The molecule has 10 heteroatoms. The van der Waals surface area contributed by atoms with Crippen molar-refractivity contribution in [3.8, 4) is 5.75 Å². The van der Waals surface area contributed by atoms with Gasteiger partial charge in [0.1, 0.15) is 17.4 Å². The van der Waals surface area contributed by atoms with Gasteiger partial charge in [0, 0.05) is 32.4 Å². The number of benzene rings is 2. The minimum Gasteiger partial charge on any atom is -0.490 e. The number of nitrogens with one attached hydrogen (secondary N) is 3. The maximum atomic E-state index is 12.6. The number of carbonyl (C=O) groups excluding carboxylic acids is 2. The van der Waals surface area contributed by atoms with Crippen molar-refractivity contribution in [2.75, 3.05) is 43.2 Å². The third-order valence-corrected chi connectivity index (χ3v) is 4.96. The Balaban J connectivity index is 1.58. The van der Waals surface area contributed by atoms with E-state index < -0.39 is 11.7 Å². The van der Waals surface area contributed by atoms with Crippen molar-refractivity contribution in [2.45, 2.75) is 0 Å². The second-order valence-corrected chi connectivity index (χ2v) is 7.61. The van der Waals surface area contributed by atoms with E-state index >= 15 is 0 Å². The summed E-state index contributed by atoms with van der Waals surface area (Å²) in [6.07, 6.45) is 1.45. The molecule has 0 saturated carbocycles. The number of ether oxygens (including phenoxy) is 1. The minimum atomic E-state index is -0.635. The number of para-hydroxylation sites is 1. The second-order valence-electron chi connectivity index (χ2n) is 7.20. The average molecular weight is 453 g/mol. The van der Waals surface area contributed by atoms with Gasteiger partial charge in [0.2, 0.25) is 5.95 Å². The molecule has 0 aliphatic carbocycles. The summed E-state index contributed by atoms with van der Waals surface area (Å²) in [5.41, 5.74) is 2.30. The third kappa shape index (κ3) is 4.57. The van der Waals surface area contributed by atoms with Crippen LogP contribution in [-0.4, -0.2) is 53.8 Å². The van der Waals surface area contributed by atoms with Crippen molar-refractivity contribution in [1.82, 2.24) is 14.9 Å². The van der Waals surface area contributed by atoms with Crippen LogP contribution >= 0.6 is 11.6 Å². The van der Waals surface area contributed by atoms with Gasteiger partial charge >= 0.3 is 0 Å². The van der Waals surface area contributed by atoms with Gasteiger partial charge in [-0.1, -0.05) is 23.7 Å². The van der Waals surface area contributed by atoms with Crippen molar-refractivity contribution < 1.29 is 14.3 Å². The number of amides is 1. The monoisotopic (exact) mass is 452 g/mol. The lowest BCUT2D eigenvalue weighted by Gasteiger charge is -2.20. The first-order valence-corrected chi connectivity index (χ1v) is 10.2. The molecule has 1 aromatic heterocycles. The Morgan fingerprint density at radius 3 is 2.78 bits per heavy atom. The minimum absolute atomic E-state index is 0.217. The maximum Gasteiger partial charge on any atom is 0.294 e. The van der Waals surface area contributed by atoms with Crippen molar-refractivity contribution in [1.29, 1.82) is 0 Å². The molecule has 2 heterocycles. The molecule has 9 nitrogen and oxygen atoms in total. The molecule has 0 saturated heterocycles. The van der Waals surface area contributed by atoms with Gasteiger partial charge in [-0.2, -0.15) is 4.98 Å². The van der Waals surface area contributed by atoms with Gasteiger partial charge in [-0.15, -0.1) is 0 Å². The quantitative estimate of drug-likeness (QED) is 0.384. The first-order valence-electron chi connectivity index (χ1n) is 9.84.